The van der Waals surface area contributed by atoms with E-state index in [1.54, 1.807) is 24.5 Å². The Balaban J connectivity index is 1.42. The number of pyridine rings is 1. The van der Waals surface area contributed by atoms with E-state index in [1.807, 2.05) is 18.2 Å². The number of carbonyl (C=O) groups excluding carboxylic acids is 1. The van der Waals surface area contributed by atoms with Crippen LogP contribution in [-0.2, 0) is 12.0 Å². The van der Waals surface area contributed by atoms with Crippen LogP contribution >= 0.6 is 0 Å². The summed E-state index contributed by atoms with van der Waals surface area (Å²) in [6.07, 6.45) is 7.29. The zero-order valence-corrected chi connectivity index (χ0v) is 19.6. The third-order valence-electron chi connectivity index (χ3n) is 6.76. The van der Waals surface area contributed by atoms with Crippen molar-refractivity contribution in [1.82, 2.24) is 19.9 Å². The maximum Gasteiger partial charge on any atom is 0.259 e. The standard InChI is InChI=1S/C26H32N6O/c1-26(2,20-11-15-32(3)16-12-20)19-6-8-21(9-7-19)31-25(33)23-5-4-13-28-24(23)29-17-22-10-14-27-18-30-22/h4-10,13-14,18,20H,11-12,15-17H2,1-3H3,(H,28,29)(H,31,33). The molecule has 3 heterocycles. The number of carbonyl (C=O) groups is 1. The van der Waals surface area contributed by atoms with Crippen molar-refractivity contribution in [2.75, 3.05) is 30.8 Å². The van der Waals surface area contributed by atoms with E-state index in [9.17, 15) is 4.79 Å². The molecule has 0 unspecified atom stereocenters. The summed E-state index contributed by atoms with van der Waals surface area (Å²) in [5.74, 6) is 0.984. The van der Waals surface area contributed by atoms with Gasteiger partial charge in [0.2, 0.25) is 0 Å². The van der Waals surface area contributed by atoms with Crippen LogP contribution in [-0.4, -0.2) is 45.9 Å². The quantitative estimate of drug-likeness (QED) is 0.564. The molecule has 0 saturated carbocycles. The molecule has 1 aliphatic heterocycles. The molecular formula is C26H32N6O. The van der Waals surface area contributed by atoms with Crippen LogP contribution in [0.5, 0.6) is 0 Å². The number of hydrogen-bond donors (Lipinski definition) is 2. The highest BCUT2D eigenvalue weighted by molar-refractivity contribution is 6.07. The molecule has 0 spiro atoms. The number of anilines is 2. The lowest BCUT2D eigenvalue weighted by atomic mass is 9.69. The number of likely N-dealkylation sites (tertiary alicyclic amines) is 1. The van der Waals surface area contributed by atoms with Gasteiger partial charge in [-0.1, -0.05) is 26.0 Å². The Hall–Kier alpha value is -3.32. The maximum atomic E-state index is 13.0. The molecule has 2 N–H and O–H groups in total. The smallest absolute Gasteiger partial charge is 0.259 e. The largest absolute Gasteiger partial charge is 0.364 e. The summed E-state index contributed by atoms with van der Waals surface area (Å²) in [6, 6.07) is 13.6. The first-order chi connectivity index (χ1) is 15.9. The Morgan fingerprint density at radius 1 is 1.06 bits per heavy atom. The van der Waals surface area contributed by atoms with Gasteiger partial charge in [-0.05, 0) is 80.2 Å². The van der Waals surface area contributed by atoms with E-state index in [-0.39, 0.29) is 11.3 Å². The van der Waals surface area contributed by atoms with Crippen molar-refractivity contribution in [3.05, 3.63) is 78.0 Å². The zero-order chi connectivity index (χ0) is 23.3. The van der Waals surface area contributed by atoms with Crippen molar-refractivity contribution in [3.63, 3.8) is 0 Å². The molecule has 0 radical (unpaired) electrons. The van der Waals surface area contributed by atoms with E-state index in [1.165, 1.54) is 24.7 Å². The van der Waals surface area contributed by atoms with Crippen LogP contribution < -0.4 is 10.6 Å². The fraction of sp³-hybridized carbons (Fsp3) is 0.385. The number of piperidine rings is 1. The molecule has 33 heavy (non-hydrogen) atoms. The van der Waals surface area contributed by atoms with Gasteiger partial charge >= 0.3 is 0 Å². The van der Waals surface area contributed by atoms with Gasteiger partial charge in [0, 0.05) is 18.1 Å². The van der Waals surface area contributed by atoms with Crippen molar-refractivity contribution in [2.45, 2.75) is 38.6 Å². The molecule has 1 aliphatic rings. The molecule has 1 aromatic carbocycles. The fourth-order valence-corrected chi connectivity index (χ4v) is 4.47. The summed E-state index contributed by atoms with van der Waals surface area (Å²) < 4.78 is 0. The monoisotopic (exact) mass is 444 g/mol. The minimum Gasteiger partial charge on any atom is -0.364 e. The van der Waals surface area contributed by atoms with Crippen molar-refractivity contribution < 1.29 is 4.79 Å². The predicted octanol–water partition coefficient (Wildman–Crippen LogP) is 4.36. The van der Waals surface area contributed by atoms with E-state index in [2.05, 4.69) is 63.5 Å². The molecule has 172 valence electrons. The van der Waals surface area contributed by atoms with Gasteiger partial charge in [-0.3, -0.25) is 4.79 Å². The third kappa shape index (κ3) is 5.54. The number of nitrogens with one attached hydrogen (secondary N) is 2. The lowest BCUT2D eigenvalue weighted by Crippen LogP contribution is -2.39. The SMILES string of the molecule is CN1CCC(C(C)(C)c2ccc(NC(=O)c3cccnc3NCc3ccncn3)cc2)CC1. The van der Waals surface area contributed by atoms with Crippen LogP contribution in [0.1, 0.15) is 48.3 Å². The topological polar surface area (TPSA) is 83.0 Å². The van der Waals surface area contributed by atoms with Crippen LogP contribution in [0.25, 0.3) is 0 Å². The normalized spacial score (nSPS) is 15.2. The minimum absolute atomic E-state index is 0.102. The van der Waals surface area contributed by atoms with E-state index >= 15 is 0 Å². The average Bonchev–Trinajstić information content (AvgIpc) is 2.84. The van der Waals surface area contributed by atoms with Gasteiger partial charge in [-0.2, -0.15) is 0 Å². The molecule has 1 amide bonds. The number of benzene rings is 1. The second-order valence-corrected chi connectivity index (χ2v) is 9.28. The van der Waals surface area contributed by atoms with Crippen LogP contribution in [0.3, 0.4) is 0 Å². The van der Waals surface area contributed by atoms with Gasteiger partial charge in [-0.25, -0.2) is 15.0 Å². The molecule has 7 heteroatoms. The molecular weight excluding hydrogens is 412 g/mol. The van der Waals surface area contributed by atoms with Gasteiger partial charge in [0.1, 0.15) is 12.1 Å². The Kier molecular flexibility index (Phi) is 6.99. The van der Waals surface area contributed by atoms with Crippen LogP contribution in [0, 0.1) is 5.92 Å². The van der Waals surface area contributed by atoms with Gasteiger partial charge in [0.25, 0.3) is 5.91 Å². The summed E-state index contributed by atoms with van der Waals surface area (Å²) in [5.41, 5.74) is 3.50. The van der Waals surface area contributed by atoms with E-state index in [4.69, 9.17) is 0 Å². The Morgan fingerprint density at radius 2 is 1.82 bits per heavy atom. The highest BCUT2D eigenvalue weighted by Crippen LogP contribution is 2.38. The van der Waals surface area contributed by atoms with Gasteiger partial charge in [-0.15, -0.1) is 0 Å². The van der Waals surface area contributed by atoms with Crippen molar-refractivity contribution in [1.29, 1.82) is 0 Å². The Labute approximate surface area is 195 Å². The molecule has 1 saturated heterocycles. The fourth-order valence-electron chi connectivity index (χ4n) is 4.47. The highest BCUT2D eigenvalue weighted by atomic mass is 16.1. The maximum absolute atomic E-state index is 13.0. The number of rotatable bonds is 7. The third-order valence-corrected chi connectivity index (χ3v) is 6.76. The van der Waals surface area contributed by atoms with Crippen LogP contribution in [0.4, 0.5) is 11.5 Å². The molecule has 4 rings (SSSR count). The second-order valence-electron chi connectivity index (χ2n) is 9.28. The average molecular weight is 445 g/mol. The Bertz CT molecular complexity index is 1060. The van der Waals surface area contributed by atoms with Gasteiger partial charge in [0.05, 0.1) is 17.8 Å². The summed E-state index contributed by atoms with van der Waals surface area (Å²) in [5, 5.41) is 6.21. The predicted molar refractivity (Wildman–Crippen MR) is 131 cm³/mol. The lowest BCUT2D eigenvalue weighted by Gasteiger charge is -2.40. The molecule has 3 aromatic rings. The second kappa shape index (κ2) is 10.1. The summed E-state index contributed by atoms with van der Waals surface area (Å²) in [7, 11) is 2.19. The molecule has 0 bridgehead atoms. The zero-order valence-electron chi connectivity index (χ0n) is 19.6. The number of nitrogens with zero attached hydrogens (tertiary/aromatic N) is 4. The first-order valence-electron chi connectivity index (χ1n) is 11.5. The van der Waals surface area contributed by atoms with Gasteiger partial charge < -0.3 is 15.5 Å². The lowest BCUT2D eigenvalue weighted by molar-refractivity contribution is 0.102. The first-order valence-corrected chi connectivity index (χ1v) is 11.5. The van der Waals surface area contributed by atoms with E-state index in [0.717, 1.165) is 24.5 Å². The van der Waals surface area contributed by atoms with Gasteiger partial charge in [0.15, 0.2) is 0 Å². The van der Waals surface area contributed by atoms with E-state index < -0.39 is 0 Å². The molecule has 0 aliphatic carbocycles. The molecule has 7 nitrogen and oxygen atoms in total. The number of amides is 1. The number of aromatic nitrogens is 3. The summed E-state index contributed by atoms with van der Waals surface area (Å²) in [4.78, 5) is 27.8. The van der Waals surface area contributed by atoms with Crippen molar-refractivity contribution >= 4 is 17.4 Å². The minimum atomic E-state index is -0.199. The van der Waals surface area contributed by atoms with E-state index in [0.29, 0.717) is 23.8 Å². The summed E-state index contributed by atoms with van der Waals surface area (Å²) >= 11 is 0. The highest BCUT2D eigenvalue weighted by Gasteiger charge is 2.33. The molecule has 2 aromatic heterocycles. The van der Waals surface area contributed by atoms with Crippen molar-refractivity contribution in [3.8, 4) is 0 Å². The summed E-state index contributed by atoms with van der Waals surface area (Å²) in [6.45, 7) is 7.44. The molecule has 1 fully saturated rings. The Morgan fingerprint density at radius 3 is 2.52 bits per heavy atom. The number of hydrogen-bond acceptors (Lipinski definition) is 6. The van der Waals surface area contributed by atoms with Crippen molar-refractivity contribution in [2.24, 2.45) is 5.92 Å². The molecule has 0 atom stereocenters. The van der Waals surface area contributed by atoms with Crippen LogP contribution in [0.2, 0.25) is 0 Å². The van der Waals surface area contributed by atoms with Crippen LogP contribution in [0.15, 0.2) is 61.2 Å². The first kappa shape index (κ1) is 22.9.